The van der Waals surface area contributed by atoms with Gasteiger partial charge in [-0.1, -0.05) is 38.5 Å². The second-order valence-electron chi connectivity index (χ2n) is 6.91. The first-order chi connectivity index (χ1) is 10.6. The van der Waals surface area contributed by atoms with E-state index in [4.69, 9.17) is 0 Å². The summed E-state index contributed by atoms with van der Waals surface area (Å²) < 4.78 is 23.1. The lowest BCUT2D eigenvalue weighted by molar-refractivity contribution is 0.213. The number of hydrogen-bond acceptors (Lipinski definition) is 3. The topological polar surface area (TPSA) is 66.5 Å². The molecule has 5 nitrogen and oxygen atoms in total. The van der Waals surface area contributed by atoms with Crippen LogP contribution in [0.5, 0.6) is 0 Å². The first kappa shape index (κ1) is 17.5. The number of hydrogen-bond donors (Lipinski definition) is 1. The zero-order chi connectivity index (χ0) is 17.3. The Hall–Kier alpha value is -1.82. The van der Waals surface area contributed by atoms with E-state index in [1.54, 1.807) is 17.0 Å². The lowest BCUT2D eigenvalue weighted by Gasteiger charge is -2.32. The molecule has 23 heavy (non-hydrogen) atoms. The van der Waals surface area contributed by atoms with Gasteiger partial charge >= 0.3 is 6.03 Å². The molecule has 0 fully saturated rings. The molecule has 0 spiro atoms. The van der Waals surface area contributed by atoms with E-state index in [0.717, 1.165) is 12.7 Å². The predicted octanol–water partition coefficient (Wildman–Crippen LogP) is 3.30. The summed E-state index contributed by atoms with van der Waals surface area (Å²) in [6, 6.07) is 6.10. The van der Waals surface area contributed by atoms with E-state index in [1.807, 2.05) is 0 Å². The number of nitrogens with one attached hydrogen (secondary N) is 1. The maximum absolute atomic E-state index is 12.3. The predicted molar refractivity (Wildman–Crippen MR) is 92.3 cm³/mol. The molecule has 1 aromatic carbocycles. The molecule has 1 aliphatic rings. The van der Waals surface area contributed by atoms with Crippen LogP contribution in [0.1, 0.15) is 27.2 Å². The second kappa shape index (κ2) is 6.35. The molecule has 0 unspecified atom stereocenters. The minimum atomic E-state index is -3.28. The Morgan fingerprint density at radius 1 is 1.26 bits per heavy atom. The average molecular weight is 336 g/mol. The lowest BCUT2D eigenvalue weighted by Crippen LogP contribution is -2.39. The first-order valence-corrected chi connectivity index (χ1v) is 9.52. The highest BCUT2D eigenvalue weighted by Crippen LogP contribution is 2.30. The quantitative estimate of drug-likeness (QED) is 0.843. The molecule has 0 aliphatic carbocycles. The van der Waals surface area contributed by atoms with Crippen LogP contribution in [0.3, 0.4) is 0 Å². The van der Waals surface area contributed by atoms with Crippen LogP contribution in [-0.4, -0.2) is 38.7 Å². The van der Waals surface area contributed by atoms with E-state index >= 15 is 0 Å². The van der Waals surface area contributed by atoms with Crippen molar-refractivity contribution >= 4 is 21.6 Å². The number of carbonyl (C=O) groups excluding carboxylic acids is 1. The zero-order valence-electron chi connectivity index (χ0n) is 14.1. The molecule has 0 saturated carbocycles. The molecule has 2 rings (SSSR count). The van der Waals surface area contributed by atoms with Gasteiger partial charge in [-0.05, 0) is 30.0 Å². The molecule has 126 valence electrons. The summed E-state index contributed by atoms with van der Waals surface area (Å²) in [6.45, 7) is 7.76. The molecule has 1 aliphatic heterocycles. The molecule has 1 heterocycles. The van der Waals surface area contributed by atoms with Crippen LogP contribution in [0, 0.1) is 5.41 Å². The fraction of sp³-hybridized carbons (Fsp3) is 0.471. The zero-order valence-corrected chi connectivity index (χ0v) is 14.9. The highest BCUT2D eigenvalue weighted by atomic mass is 32.2. The number of benzene rings is 1. The van der Waals surface area contributed by atoms with Gasteiger partial charge in [0.15, 0.2) is 9.84 Å². The maximum atomic E-state index is 12.3. The number of rotatable bonds is 2. The van der Waals surface area contributed by atoms with Crippen molar-refractivity contribution in [1.29, 1.82) is 0 Å². The molecule has 2 amide bonds. The molecular weight excluding hydrogens is 312 g/mol. The molecule has 0 radical (unpaired) electrons. The number of urea groups is 1. The van der Waals surface area contributed by atoms with Gasteiger partial charge in [-0.25, -0.2) is 13.2 Å². The number of nitrogens with zero attached hydrogens (tertiary/aromatic N) is 1. The van der Waals surface area contributed by atoms with E-state index in [9.17, 15) is 13.2 Å². The molecule has 0 saturated heterocycles. The van der Waals surface area contributed by atoms with Crippen LogP contribution >= 0.6 is 0 Å². The number of carbonyl (C=O) groups is 1. The van der Waals surface area contributed by atoms with Gasteiger partial charge in [0.2, 0.25) is 0 Å². The minimum Gasteiger partial charge on any atom is -0.320 e. The minimum absolute atomic E-state index is 0.131. The van der Waals surface area contributed by atoms with Gasteiger partial charge in [0, 0.05) is 25.0 Å². The van der Waals surface area contributed by atoms with Crippen LogP contribution in [-0.2, 0) is 9.84 Å². The molecular formula is C17H24N2O3S. The van der Waals surface area contributed by atoms with Crippen LogP contribution in [0.25, 0.3) is 0 Å². The molecule has 0 bridgehead atoms. The SMILES string of the molecule is CC(C)(C)C1=CCN(C(=O)Nc2cccc(S(C)(=O)=O)c2)CC1. The largest absolute Gasteiger partial charge is 0.322 e. The van der Waals surface area contributed by atoms with Crippen molar-refractivity contribution in [3.05, 3.63) is 35.9 Å². The van der Waals surface area contributed by atoms with Crippen molar-refractivity contribution in [3.63, 3.8) is 0 Å². The van der Waals surface area contributed by atoms with E-state index in [0.29, 0.717) is 18.8 Å². The third-order valence-corrected chi connectivity index (χ3v) is 5.08. The van der Waals surface area contributed by atoms with E-state index in [2.05, 4.69) is 32.2 Å². The normalized spacial score (nSPS) is 16.0. The summed E-state index contributed by atoms with van der Waals surface area (Å²) in [5.41, 5.74) is 1.98. The fourth-order valence-corrected chi connectivity index (χ4v) is 3.21. The number of anilines is 1. The monoisotopic (exact) mass is 336 g/mol. The molecule has 0 aromatic heterocycles. The van der Waals surface area contributed by atoms with Gasteiger partial charge in [-0.15, -0.1) is 0 Å². The summed E-state index contributed by atoms with van der Waals surface area (Å²) in [7, 11) is -3.28. The van der Waals surface area contributed by atoms with Crippen LogP contribution < -0.4 is 5.32 Å². The summed E-state index contributed by atoms with van der Waals surface area (Å²) in [6.07, 6.45) is 4.12. The summed E-state index contributed by atoms with van der Waals surface area (Å²) in [5, 5.41) is 2.77. The summed E-state index contributed by atoms with van der Waals surface area (Å²) in [4.78, 5) is 14.2. The van der Waals surface area contributed by atoms with Crippen LogP contribution in [0.4, 0.5) is 10.5 Å². The molecule has 1 N–H and O–H groups in total. The molecule has 1 aromatic rings. The van der Waals surface area contributed by atoms with Crippen molar-refractivity contribution in [2.75, 3.05) is 24.7 Å². The Bertz CT molecular complexity index is 730. The summed E-state index contributed by atoms with van der Waals surface area (Å²) in [5.74, 6) is 0. The third-order valence-electron chi connectivity index (χ3n) is 3.97. The highest BCUT2D eigenvalue weighted by Gasteiger charge is 2.23. The fourth-order valence-electron chi connectivity index (χ4n) is 2.54. The Morgan fingerprint density at radius 2 is 1.96 bits per heavy atom. The Labute approximate surface area is 138 Å². The molecule has 6 heteroatoms. The van der Waals surface area contributed by atoms with Gasteiger partial charge in [-0.3, -0.25) is 0 Å². The standard InChI is InChI=1S/C17H24N2O3S/c1-17(2,3)13-8-10-19(11-9-13)16(20)18-14-6-5-7-15(12-14)23(4,21)22/h5-8,12H,9-11H2,1-4H3,(H,18,20). The van der Waals surface area contributed by atoms with Gasteiger partial charge in [-0.2, -0.15) is 0 Å². The second-order valence-corrected chi connectivity index (χ2v) is 8.92. The maximum Gasteiger partial charge on any atom is 0.322 e. The average Bonchev–Trinajstić information content (AvgIpc) is 2.46. The van der Waals surface area contributed by atoms with Crippen molar-refractivity contribution in [3.8, 4) is 0 Å². The van der Waals surface area contributed by atoms with Gasteiger partial charge in [0.25, 0.3) is 0 Å². The Balaban J connectivity index is 2.05. The van der Waals surface area contributed by atoms with Gasteiger partial charge < -0.3 is 10.2 Å². The Kier molecular flexibility index (Phi) is 4.84. The van der Waals surface area contributed by atoms with Crippen molar-refractivity contribution < 1.29 is 13.2 Å². The van der Waals surface area contributed by atoms with E-state index in [1.165, 1.54) is 17.7 Å². The molecule has 0 atom stereocenters. The van der Waals surface area contributed by atoms with Gasteiger partial charge in [0.05, 0.1) is 4.90 Å². The highest BCUT2D eigenvalue weighted by molar-refractivity contribution is 7.90. The first-order valence-electron chi connectivity index (χ1n) is 7.63. The lowest BCUT2D eigenvalue weighted by atomic mass is 9.83. The third kappa shape index (κ3) is 4.58. The number of sulfone groups is 1. The Morgan fingerprint density at radius 3 is 2.48 bits per heavy atom. The number of amides is 2. The van der Waals surface area contributed by atoms with Crippen molar-refractivity contribution in [2.45, 2.75) is 32.1 Å². The summed E-state index contributed by atoms with van der Waals surface area (Å²) >= 11 is 0. The smallest absolute Gasteiger partial charge is 0.320 e. The van der Waals surface area contributed by atoms with E-state index < -0.39 is 9.84 Å². The van der Waals surface area contributed by atoms with Crippen LogP contribution in [0.15, 0.2) is 40.8 Å². The van der Waals surface area contributed by atoms with Crippen molar-refractivity contribution in [1.82, 2.24) is 4.90 Å². The van der Waals surface area contributed by atoms with Crippen LogP contribution in [0.2, 0.25) is 0 Å². The van der Waals surface area contributed by atoms with Gasteiger partial charge in [0.1, 0.15) is 0 Å². The van der Waals surface area contributed by atoms with Crippen molar-refractivity contribution in [2.24, 2.45) is 5.41 Å². The van der Waals surface area contributed by atoms with E-state index in [-0.39, 0.29) is 16.3 Å².